The smallest absolute Gasteiger partial charge is 0.256 e. The van der Waals surface area contributed by atoms with E-state index in [9.17, 15) is 13.2 Å². The van der Waals surface area contributed by atoms with Crippen LogP contribution >= 0.6 is 0 Å². The quantitative estimate of drug-likeness (QED) is 0.234. The Hall–Kier alpha value is -4.70. The molecule has 0 aliphatic carbocycles. The molecule has 1 nitrogen and oxygen atoms in total. The van der Waals surface area contributed by atoms with Gasteiger partial charge in [-0.1, -0.05) is 91.0 Å². The number of nitrogens with zero attached hydrogens (tertiary/aromatic N) is 1. The molecule has 5 aromatic carbocycles. The Bertz CT molecular complexity index is 1700. The Kier molecular flexibility index (Phi) is 6.01. The topological polar surface area (TPSA) is 12.9 Å². The van der Waals surface area contributed by atoms with Gasteiger partial charge in [0.2, 0.25) is 0 Å². The molecule has 6 rings (SSSR count). The van der Waals surface area contributed by atoms with Gasteiger partial charge in [-0.2, -0.15) is 13.2 Å². The summed E-state index contributed by atoms with van der Waals surface area (Å²) < 4.78 is 38.6. The van der Waals surface area contributed by atoms with E-state index >= 15 is 0 Å². The second kappa shape index (κ2) is 9.64. The highest BCUT2D eigenvalue weighted by atomic mass is 19.4. The predicted octanol–water partition coefficient (Wildman–Crippen LogP) is 9.92. The van der Waals surface area contributed by atoms with Crippen LogP contribution in [-0.4, -0.2) is 4.98 Å². The number of hydrogen-bond donors (Lipinski definition) is 0. The number of fused-ring (bicyclic) bond motifs is 1. The zero-order valence-corrected chi connectivity index (χ0v) is 20.3. The number of benzene rings is 5. The summed E-state index contributed by atoms with van der Waals surface area (Å²) >= 11 is 0. The van der Waals surface area contributed by atoms with Crippen molar-refractivity contribution in [1.82, 2.24) is 4.98 Å². The Morgan fingerprint density at radius 1 is 0.421 bits per heavy atom. The largest absolute Gasteiger partial charge is 0.416 e. The van der Waals surface area contributed by atoms with Crippen LogP contribution in [0.1, 0.15) is 5.56 Å². The molecule has 1 heterocycles. The lowest BCUT2D eigenvalue weighted by molar-refractivity contribution is -0.137. The van der Waals surface area contributed by atoms with E-state index in [0.29, 0.717) is 0 Å². The zero-order chi connectivity index (χ0) is 26.1. The molecule has 0 spiro atoms. The summed E-state index contributed by atoms with van der Waals surface area (Å²) in [5.41, 5.74) is 7.42. The van der Waals surface area contributed by atoms with Gasteiger partial charge in [-0.05, 0) is 80.6 Å². The standard InChI is InChI=1S/C34H22F3N/c35-34(36,37)32-18-16-24(17-19-32)23-4-6-25(7-5-23)29-14-10-27-11-15-30(22-31(27)21-29)26-8-12-28(13-9-26)33-3-1-2-20-38-33/h1-22H. The first kappa shape index (κ1) is 23.7. The van der Waals surface area contributed by atoms with Gasteiger partial charge in [0.05, 0.1) is 11.3 Å². The van der Waals surface area contributed by atoms with Gasteiger partial charge in [0.1, 0.15) is 0 Å². The van der Waals surface area contributed by atoms with Crippen molar-refractivity contribution in [3.63, 3.8) is 0 Å². The van der Waals surface area contributed by atoms with E-state index in [1.54, 1.807) is 6.20 Å². The van der Waals surface area contributed by atoms with Crippen molar-refractivity contribution in [2.75, 3.05) is 0 Å². The molecular weight excluding hydrogens is 479 g/mol. The van der Waals surface area contributed by atoms with Crippen LogP contribution < -0.4 is 0 Å². The molecule has 0 unspecified atom stereocenters. The van der Waals surface area contributed by atoms with Gasteiger partial charge in [-0.25, -0.2) is 0 Å². The maximum atomic E-state index is 12.9. The van der Waals surface area contributed by atoms with Crippen molar-refractivity contribution >= 4 is 10.8 Å². The summed E-state index contributed by atoms with van der Waals surface area (Å²) in [6.07, 6.45) is -2.53. The van der Waals surface area contributed by atoms with Crippen LogP contribution in [0.15, 0.2) is 134 Å². The summed E-state index contributed by atoms with van der Waals surface area (Å²) in [5, 5.41) is 2.30. The third-order valence-electron chi connectivity index (χ3n) is 6.78. The molecule has 0 saturated heterocycles. The normalized spacial score (nSPS) is 11.6. The lowest BCUT2D eigenvalue weighted by Gasteiger charge is -2.10. The molecule has 0 radical (unpaired) electrons. The van der Waals surface area contributed by atoms with Crippen LogP contribution in [0.2, 0.25) is 0 Å². The van der Waals surface area contributed by atoms with Gasteiger partial charge in [0.15, 0.2) is 0 Å². The van der Waals surface area contributed by atoms with Gasteiger partial charge in [-0.3, -0.25) is 4.98 Å². The van der Waals surface area contributed by atoms with Gasteiger partial charge in [-0.15, -0.1) is 0 Å². The van der Waals surface area contributed by atoms with Gasteiger partial charge < -0.3 is 0 Å². The minimum absolute atomic E-state index is 0.641. The zero-order valence-electron chi connectivity index (χ0n) is 20.3. The fourth-order valence-electron chi connectivity index (χ4n) is 4.68. The molecule has 0 atom stereocenters. The van der Waals surface area contributed by atoms with Crippen LogP contribution in [0.25, 0.3) is 55.4 Å². The summed E-state index contributed by atoms with van der Waals surface area (Å²) in [4.78, 5) is 4.42. The van der Waals surface area contributed by atoms with Crippen molar-refractivity contribution in [3.05, 3.63) is 139 Å². The first-order valence-corrected chi connectivity index (χ1v) is 12.3. The molecule has 0 amide bonds. The van der Waals surface area contributed by atoms with E-state index in [1.165, 1.54) is 12.1 Å². The number of halogens is 3. The molecule has 4 heteroatoms. The van der Waals surface area contributed by atoms with E-state index in [2.05, 4.69) is 65.6 Å². The maximum absolute atomic E-state index is 12.9. The highest BCUT2D eigenvalue weighted by Crippen LogP contribution is 2.33. The molecule has 184 valence electrons. The van der Waals surface area contributed by atoms with Crippen molar-refractivity contribution < 1.29 is 13.2 Å². The fourth-order valence-corrected chi connectivity index (χ4v) is 4.68. The van der Waals surface area contributed by atoms with Gasteiger partial charge >= 0.3 is 6.18 Å². The summed E-state index contributed by atoms with van der Waals surface area (Å²) in [5.74, 6) is 0. The average molecular weight is 502 g/mol. The highest BCUT2D eigenvalue weighted by Gasteiger charge is 2.29. The Morgan fingerprint density at radius 3 is 1.34 bits per heavy atom. The first-order valence-electron chi connectivity index (χ1n) is 12.3. The van der Waals surface area contributed by atoms with Crippen molar-refractivity contribution in [2.45, 2.75) is 6.18 Å². The SMILES string of the molecule is FC(F)(F)c1ccc(-c2ccc(-c3ccc4ccc(-c5ccc(-c6ccccn6)cc5)cc4c3)cc2)cc1. The molecule has 0 fully saturated rings. The molecule has 6 aromatic rings. The van der Waals surface area contributed by atoms with E-state index < -0.39 is 11.7 Å². The monoisotopic (exact) mass is 501 g/mol. The molecular formula is C34H22F3N. The summed E-state index contributed by atoms with van der Waals surface area (Å²) in [6.45, 7) is 0. The predicted molar refractivity (Wildman–Crippen MR) is 148 cm³/mol. The lowest BCUT2D eigenvalue weighted by atomic mass is 9.96. The summed E-state index contributed by atoms with van der Waals surface area (Å²) in [6, 6.07) is 40.4. The molecule has 0 aliphatic heterocycles. The average Bonchev–Trinajstić information content (AvgIpc) is 2.97. The third-order valence-corrected chi connectivity index (χ3v) is 6.78. The molecule has 1 aromatic heterocycles. The molecule has 38 heavy (non-hydrogen) atoms. The Balaban J connectivity index is 1.26. The molecule has 0 N–H and O–H groups in total. The molecule has 0 aliphatic rings. The highest BCUT2D eigenvalue weighted by molar-refractivity contribution is 5.91. The first-order chi connectivity index (χ1) is 18.4. The Labute approximate surface area is 218 Å². The minimum Gasteiger partial charge on any atom is -0.256 e. The number of pyridine rings is 1. The number of alkyl halides is 3. The van der Waals surface area contributed by atoms with Crippen LogP contribution in [0.5, 0.6) is 0 Å². The van der Waals surface area contributed by atoms with E-state index in [1.807, 2.05) is 42.5 Å². The van der Waals surface area contributed by atoms with Crippen LogP contribution in [0, 0.1) is 0 Å². The fraction of sp³-hybridized carbons (Fsp3) is 0.0294. The maximum Gasteiger partial charge on any atom is 0.416 e. The number of hydrogen-bond acceptors (Lipinski definition) is 1. The number of rotatable bonds is 4. The molecule has 0 saturated carbocycles. The van der Waals surface area contributed by atoms with Gasteiger partial charge in [0, 0.05) is 11.8 Å². The van der Waals surface area contributed by atoms with Crippen molar-refractivity contribution in [2.24, 2.45) is 0 Å². The van der Waals surface area contributed by atoms with Crippen LogP contribution in [-0.2, 0) is 6.18 Å². The lowest BCUT2D eigenvalue weighted by Crippen LogP contribution is -2.03. The second-order valence-corrected chi connectivity index (χ2v) is 9.22. The number of aromatic nitrogens is 1. The minimum atomic E-state index is -4.33. The Morgan fingerprint density at radius 2 is 0.868 bits per heavy atom. The van der Waals surface area contributed by atoms with E-state index in [4.69, 9.17) is 0 Å². The van der Waals surface area contributed by atoms with E-state index in [-0.39, 0.29) is 0 Å². The van der Waals surface area contributed by atoms with Crippen LogP contribution in [0.3, 0.4) is 0 Å². The van der Waals surface area contributed by atoms with Crippen molar-refractivity contribution in [1.29, 1.82) is 0 Å². The van der Waals surface area contributed by atoms with Gasteiger partial charge in [0.25, 0.3) is 0 Å². The molecule has 0 bridgehead atoms. The second-order valence-electron chi connectivity index (χ2n) is 9.22. The third kappa shape index (κ3) is 4.81. The van der Waals surface area contributed by atoms with Crippen LogP contribution in [0.4, 0.5) is 13.2 Å². The van der Waals surface area contributed by atoms with Crippen molar-refractivity contribution in [3.8, 4) is 44.6 Å². The van der Waals surface area contributed by atoms with E-state index in [0.717, 1.165) is 67.5 Å². The summed E-state index contributed by atoms with van der Waals surface area (Å²) in [7, 11) is 0.